The molecule has 1 aliphatic heterocycles. The zero-order valence-electron chi connectivity index (χ0n) is 12.0. The van der Waals surface area contributed by atoms with Crippen LogP contribution in [0.2, 0.25) is 0 Å². The first-order valence-corrected chi connectivity index (χ1v) is 7.68. The topological polar surface area (TPSA) is 60.8 Å². The van der Waals surface area contributed by atoms with Crippen LogP contribution < -0.4 is 0 Å². The van der Waals surface area contributed by atoms with Gasteiger partial charge in [0.25, 0.3) is 0 Å². The summed E-state index contributed by atoms with van der Waals surface area (Å²) in [6, 6.07) is 0. The lowest BCUT2D eigenvalue weighted by Gasteiger charge is -2.42. The Hall–Kier alpha value is -0.610. The van der Waals surface area contributed by atoms with Crippen LogP contribution in [0.1, 0.15) is 58.3 Å². The number of hydrogen-bond donors (Lipinski definition) is 2. The third-order valence-electron chi connectivity index (χ3n) is 5.25. The van der Waals surface area contributed by atoms with Gasteiger partial charge in [-0.1, -0.05) is 26.2 Å². The zero-order chi connectivity index (χ0) is 13.9. The summed E-state index contributed by atoms with van der Waals surface area (Å²) >= 11 is 0. The molecule has 0 unspecified atom stereocenters. The maximum Gasteiger partial charge on any atom is 0.309 e. The Bertz CT molecular complexity index is 315. The second kappa shape index (κ2) is 5.80. The number of carboxylic acids is 1. The summed E-state index contributed by atoms with van der Waals surface area (Å²) in [6.07, 6.45) is 7.43. The number of β-amino-alcohol motifs (C(OH)–C–C–N with tert-alkyl or cyclic N) is 1. The van der Waals surface area contributed by atoms with Crippen LogP contribution in [0.4, 0.5) is 0 Å². The van der Waals surface area contributed by atoms with Crippen LogP contribution in [-0.4, -0.2) is 46.3 Å². The van der Waals surface area contributed by atoms with E-state index >= 15 is 0 Å². The van der Waals surface area contributed by atoms with Gasteiger partial charge < -0.3 is 15.1 Å². The largest absolute Gasteiger partial charge is 0.481 e. The highest BCUT2D eigenvalue weighted by Crippen LogP contribution is 2.36. The van der Waals surface area contributed by atoms with Gasteiger partial charge in [-0.3, -0.25) is 4.79 Å². The number of hydrogen-bond acceptors (Lipinski definition) is 3. The molecule has 0 bridgehead atoms. The minimum Gasteiger partial charge on any atom is -0.481 e. The highest BCUT2D eigenvalue weighted by molar-refractivity contribution is 5.74. The molecule has 0 aromatic heterocycles. The van der Waals surface area contributed by atoms with Crippen molar-refractivity contribution in [2.75, 3.05) is 19.6 Å². The van der Waals surface area contributed by atoms with E-state index < -0.39 is 17.0 Å². The quantitative estimate of drug-likeness (QED) is 0.822. The second-order valence-corrected chi connectivity index (χ2v) is 6.50. The Balaban J connectivity index is 1.87. The molecule has 0 aromatic carbocycles. The van der Waals surface area contributed by atoms with Crippen molar-refractivity contribution in [1.29, 1.82) is 0 Å². The van der Waals surface area contributed by atoms with Crippen LogP contribution >= 0.6 is 0 Å². The Labute approximate surface area is 115 Å². The van der Waals surface area contributed by atoms with Crippen molar-refractivity contribution < 1.29 is 15.0 Å². The summed E-state index contributed by atoms with van der Waals surface area (Å²) in [7, 11) is 0. The smallest absolute Gasteiger partial charge is 0.309 e. The SMILES string of the molecule is CCC1(C(=O)O)CCN(CC2(O)CCCCC2)CC1. The van der Waals surface area contributed by atoms with Crippen molar-refractivity contribution in [1.82, 2.24) is 4.90 Å². The van der Waals surface area contributed by atoms with E-state index in [1.54, 1.807) is 0 Å². The maximum absolute atomic E-state index is 11.4. The standard InChI is InChI=1S/C15H27NO3/c1-2-14(13(17)18)8-10-16(11-9-14)12-15(19)6-4-3-5-7-15/h19H,2-12H2,1H3,(H,17,18). The van der Waals surface area contributed by atoms with Crippen LogP contribution in [0.3, 0.4) is 0 Å². The fraction of sp³-hybridized carbons (Fsp3) is 0.933. The Morgan fingerprint density at radius 2 is 1.68 bits per heavy atom. The Morgan fingerprint density at radius 1 is 1.11 bits per heavy atom. The zero-order valence-corrected chi connectivity index (χ0v) is 12.0. The van der Waals surface area contributed by atoms with Crippen molar-refractivity contribution in [3.05, 3.63) is 0 Å². The molecule has 2 fully saturated rings. The third-order valence-corrected chi connectivity index (χ3v) is 5.25. The van der Waals surface area contributed by atoms with Crippen LogP contribution in [-0.2, 0) is 4.79 Å². The summed E-state index contributed by atoms with van der Waals surface area (Å²) in [5, 5.41) is 19.9. The van der Waals surface area contributed by atoms with Gasteiger partial charge in [-0.25, -0.2) is 0 Å². The molecule has 19 heavy (non-hydrogen) atoms. The van der Waals surface area contributed by atoms with Crippen LogP contribution in [0.15, 0.2) is 0 Å². The third kappa shape index (κ3) is 3.29. The molecule has 2 N–H and O–H groups in total. The molecule has 1 heterocycles. The monoisotopic (exact) mass is 269 g/mol. The number of carbonyl (C=O) groups is 1. The normalized spacial score (nSPS) is 27.1. The first kappa shape index (κ1) is 14.8. The summed E-state index contributed by atoms with van der Waals surface area (Å²) in [5.74, 6) is -0.647. The highest BCUT2D eigenvalue weighted by Gasteiger charge is 2.41. The summed E-state index contributed by atoms with van der Waals surface area (Å²) in [4.78, 5) is 13.7. The number of carboxylic acid groups (broad SMARTS) is 1. The minimum atomic E-state index is -0.647. The molecule has 1 saturated heterocycles. The van der Waals surface area contributed by atoms with Crippen molar-refractivity contribution >= 4 is 5.97 Å². The summed E-state index contributed by atoms with van der Waals surface area (Å²) < 4.78 is 0. The van der Waals surface area contributed by atoms with E-state index in [2.05, 4.69) is 4.90 Å². The Morgan fingerprint density at radius 3 is 2.16 bits per heavy atom. The van der Waals surface area contributed by atoms with E-state index in [-0.39, 0.29) is 0 Å². The molecule has 4 heteroatoms. The first-order valence-electron chi connectivity index (χ1n) is 7.68. The number of aliphatic hydroxyl groups is 1. The molecule has 0 amide bonds. The van der Waals surface area contributed by atoms with Gasteiger partial charge in [0.2, 0.25) is 0 Å². The molecule has 2 aliphatic rings. The summed E-state index contributed by atoms with van der Waals surface area (Å²) in [5.41, 5.74) is -1.04. The Kier molecular flexibility index (Phi) is 4.51. The first-order chi connectivity index (χ1) is 9.00. The highest BCUT2D eigenvalue weighted by atomic mass is 16.4. The lowest BCUT2D eigenvalue weighted by molar-refractivity contribution is -0.153. The average Bonchev–Trinajstić information content (AvgIpc) is 2.40. The lowest BCUT2D eigenvalue weighted by atomic mass is 9.75. The van der Waals surface area contributed by atoms with Gasteiger partial charge >= 0.3 is 5.97 Å². The number of likely N-dealkylation sites (tertiary alicyclic amines) is 1. The van der Waals surface area contributed by atoms with E-state index in [4.69, 9.17) is 0 Å². The molecule has 2 rings (SSSR count). The maximum atomic E-state index is 11.4. The van der Waals surface area contributed by atoms with E-state index in [0.29, 0.717) is 6.42 Å². The molecule has 1 aliphatic carbocycles. The van der Waals surface area contributed by atoms with Crippen LogP contribution in [0, 0.1) is 5.41 Å². The van der Waals surface area contributed by atoms with Crippen molar-refractivity contribution in [2.24, 2.45) is 5.41 Å². The predicted octanol–water partition coefficient (Wildman–Crippen LogP) is 2.26. The van der Waals surface area contributed by atoms with Crippen molar-refractivity contribution in [3.63, 3.8) is 0 Å². The van der Waals surface area contributed by atoms with Gasteiger partial charge in [0.15, 0.2) is 0 Å². The fourth-order valence-corrected chi connectivity index (χ4v) is 3.64. The van der Waals surface area contributed by atoms with E-state index in [1.807, 2.05) is 6.92 Å². The summed E-state index contributed by atoms with van der Waals surface area (Å²) in [6.45, 7) is 4.32. The molecule has 1 saturated carbocycles. The molecule has 110 valence electrons. The van der Waals surface area contributed by atoms with Crippen molar-refractivity contribution in [3.8, 4) is 0 Å². The number of nitrogens with zero attached hydrogens (tertiary/aromatic N) is 1. The number of rotatable bonds is 4. The van der Waals surface area contributed by atoms with Gasteiger partial charge in [-0.05, 0) is 45.2 Å². The average molecular weight is 269 g/mol. The predicted molar refractivity (Wildman–Crippen MR) is 74.1 cm³/mol. The van der Waals surface area contributed by atoms with E-state index in [0.717, 1.165) is 58.2 Å². The van der Waals surface area contributed by atoms with Gasteiger partial charge in [-0.2, -0.15) is 0 Å². The molecule has 0 spiro atoms. The van der Waals surface area contributed by atoms with Gasteiger partial charge in [0.1, 0.15) is 0 Å². The van der Waals surface area contributed by atoms with Crippen LogP contribution in [0.5, 0.6) is 0 Å². The molecular weight excluding hydrogens is 242 g/mol. The fourth-order valence-electron chi connectivity index (χ4n) is 3.64. The molecule has 0 radical (unpaired) electrons. The van der Waals surface area contributed by atoms with Gasteiger partial charge in [-0.15, -0.1) is 0 Å². The second-order valence-electron chi connectivity index (χ2n) is 6.50. The lowest BCUT2D eigenvalue weighted by Crippen LogP contribution is -2.50. The molecular formula is C15H27NO3. The number of aliphatic carboxylic acids is 1. The van der Waals surface area contributed by atoms with Gasteiger partial charge in [0.05, 0.1) is 11.0 Å². The van der Waals surface area contributed by atoms with Crippen LogP contribution in [0.25, 0.3) is 0 Å². The van der Waals surface area contributed by atoms with E-state index in [1.165, 1.54) is 6.42 Å². The van der Waals surface area contributed by atoms with Gasteiger partial charge in [0, 0.05) is 6.54 Å². The van der Waals surface area contributed by atoms with Crippen molar-refractivity contribution in [2.45, 2.75) is 63.9 Å². The molecule has 0 aromatic rings. The molecule has 4 nitrogen and oxygen atoms in total. The number of piperidine rings is 1. The van der Waals surface area contributed by atoms with E-state index in [9.17, 15) is 15.0 Å². The molecule has 0 atom stereocenters. The minimum absolute atomic E-state index is 0.520.